The molecule has 0 amide bonds. The molecule has 0 fully saturated rings. The Balaban J connectivity index is 2.16. The van der Waals surface area contributed by atoms with Crippen LogP contribution in [0.4, 0.5) is 0 Å². The van der Waals surface area contributed by atoms with Crippen LogP contribution >= 0.6 is 11.3 Å². The summed E-state index contributed by atoms with van der Waals surface area (Å²) in [7, 11) is 2.02. The highest BCUT2D eigenvalue weighted by Gasteiger charge is 2.11. The van der Waals surface area contributed by atoms with Crippen LogP contribution in [0.25, 0.3) is 21.8 Å². The summed E-state index contributed by atoms with van der Waals surface area (Å²) in [5.74, 6) is 1.02. The lowest BCUT2D eigenvalue weighted by molar-refractivity contribution is 0.926. The third kappa shape index (κ3) is 1.78. The molecule has 2 aromatic heterocycles. The van der Waals surface area contributed by atoms with Gasteiger partial charge in [-0.1, -0.05) is 30.3 Å². The second-order valence-corrected chi connectivity index (χ2v) is 4.81. The minimum atomic E-state index is 1.02. The molecule has 2 nitrogen and oxygen atoms in total. The number of nitrogens with zero attached hydrogens (tertiary/aromatic N) is 2. The van der Waals surface area contributed by atoms with E-state index in [0.717, 1.165) is 5.82 Å². The summed E-state index contributed by atoms with van der Waals surface area (Å²) in [4.78, 5) is 5.69. The SMILES string of the molecule is Cn1ccnc1-c1ccsc1-c1ccccc1. The summed E-state index contributed by atoms with van der Waals surface area (Å²) in [6, 6.07) is 12.6. The van der Waals surface area contributed by atoms with E-state index < -0.39 is 0 Å². The molecule has 0 N–H and O–H groups in total. The normalized spacial score (nSPS) is 10.6. The van der Waals surface area contributed by atoms with Gasteiger partial charge in [0.1, 0.15) is 5.82 Å². The van der Waals surface area contributed by atoms with Crippen LogP contribution in [0.15, 0.2) is 54.2 Å². The van der Waals surface area contributed by atoms with E-state index in [1.807, 2.05) is 25.5 Å². The van der Waals surface area contributed by atoms with E-state index in [-0.39, 0.29) is 0 Å². The van der Waals surface area contributed by atoms with Gasteiger partial charge in [-0.25, -0.2) is 4.98 Å². The predicted octanol–water partition coefficient (Wildman–Crippen LogP) is 3.82. The number of aromatic nitrogens is 2. The van der Waals surface area contributed by atoms with Crippen molar-refractivity contribution >= 4 is 11.3 Å². The zero-order valence-corrected chi connectivity index (χ0v) is 10.3. The lowest BCUT2D eigenvalue weighted by atomic mass is 10.1. The monoisotopic (exact) mass is 240 g/mol. The van der Waals surface area contributed by atoms with Crippen molar-refractivity contribution in [1.29, 1.82) is 0 Å². The predicted molar refractivity (Wildman–Crippen MR) is 72.0 cm³/mol. The van der Waals surface area contributed by atoms with Crippen LogP contribution in [-0.4, -0.2) is 9.55 Å². The standard InChI is InChI=1S/C14H12N2S/c1-16-9-8-15-14(16)12-7-10-17-13(12)11-5-3-2-4-6-11/h2-10H,1H3. The molecule has 3 heteroatoms. The van der Waals surface area contributed by atoms with Crippen molar-refractivity contribution in [2.75, 3.05) is 0 Å². The summed E-state index contributed by atoms with van der Waals surface area (Å²) in [6.45, 7) is 0. The summed E-state index contributed by atoms with van der Waals surface area (Å²) < 4.78 is 2.05. The molecule has 3 rings (SSSR count). The van der Waals surface area contributed by atoms with Gasteiger partial charge in [0.2, 0.25) is 0 Å². The number of rotatable bonds is 2. The van der Waals surface area contributed by atoms with Crippen molar-refractivity contribution in [3.63, 3.8) is 0 Å². The zero-order valence-electron chi connectivity index (χ0n) is 9.50. The van der Waals surface area contributed by atoms with Crippen molar-refractivity contribution in [3.05, 3.63) is 54.2 Å². The van der Waals surface area contributed by atoms with Gasteiger partial charge >= 0.3 is 0 Å². The quantitative estimate of drug-likeness (QED) is 0.666. The molecule has 0 saturated heterocycles. The zero-order chi connectivity index (χ0) is 11.7. The fourth-order valence-corrected chi connectivity index (χ4v) is 2.82. The highest BCUT2D eigenvalue weighted by atomic mass is 32.1. The first-order valence-electron chi connectivity index (χ1n) is 5.47. The summed E-state index contributed by atoms with van der Waals surface area (Å²) in [5.41, 5.74) is 2.45. The van der Waals surface area contributed by atoms with Gasteiger partial charge in [0.15, 0.2) is 0 Å². The molecule has 3 aromatic rings. The van der Waals surface area contributed by atoms with Crippen molar-refractivity contribution in [1.82, 2.24) is 9.55 Å². The number of thiophene rings is 1. The Bertz CT molecular complexity index is 622. The molecule has 2 heterocycles. The first kappa shape index (κ1) is 10.3. The molecule has 0 bridgehead atoms. The Hall–Kier alpha value is -1.87. The van der Waals surface area contributed by atoms with E-state index >= 15 is 0 Å². The van der Waals surface area contributed by atoms with E-state index in [4.69, 9.17) is 0 Å². The Morgan fingerprint density at radius 2 is 1.94 bits per heavy atom. The molecule has 17 heavy (non-hydrogen) atoms. The van der Waals surface area contributed by atoms with E-state index in [1.54, 1.807) is 11.3 Å². The number of benzene rings is 1. The number of imidazole rings is 1. The van der Waals surface area contributed by atoms with Gasteiger partial charge in [0, 0.05) is 29.9 Å². The summed E-state index contributed by atoms with van der Waals surface area (Å²) in [5, 5.41) is 2.12. The van der Waals surface area contributed by atoms with Crippen LogP contribution < -0.4 is 0 Å². The third-order valence-electron chi connectivity index (χ3n) is 2.76. The molecule has 0 atom stereocenters. The number of hydrogen-bond acceptors (Lipinski definition) is 2. The van der Waals surface area contributed by atoms with Gasteiger partial charge in [-0.05, 0) is 17.0 Å². The molecule has 0 unspecified atom stereocenters. The first-order chi connectivity index (χ1) is 8.36. The second-order valence-electron chi connectivity index (χ2n) is 3.89. The minimum absolute atomic E-state index is 1.02. The van der Waals surface area contributed by atoms with Gasteiger partial charge in [-0.2, -0.15) is 0 Å². The Morgan fingerprint density at radius 3 is 2.65 bits per heavy atom. The van der Waals surface area contributed by atoms with Crippen LogP contribution in [0.1, 0.15) is 0 Å². The average molecular weight is 240 g/mol. The fourth-order valence-electron chi connectivity index (χ4n) is 1.92. The van der Waals surface area contributed by atoms with Crippen molar-refractivity contribution in [3.8, 4) is 21.8 Å². The van der Waals surface area contributed by atoms with Gasteiger partial charge < -0.3 is 4.57 Å². The van der Waals surface area contributed by atoms with Crippen LogP contribution in [0.3, 0.4) is 0 Å². The van der Waals surface area contributed by atoms with Crippen LogP contribution in [-0.2, 0) is 7.05 Å². The minimum Gasteiger partial charge on any atom is -0.334 e. The van der Waals surface area contributed by atoms with Gasteiger partial charge in [0.05, 0.1) is 0 Å². The van der Waals surface area contributed by atoms with Crippen LogP contribution in [0.5, 0.6) is 0 Å². The molecular formula is C14H12N2S. The van der Waals surface area contributed by atoms with E-state index in [2.05, 4.69) is 45.3 Å². The van der Waals surface area contributed by atoms with E-state index in [0.29, 0.717) is 0 Å². The third-order valence-corrected chi connectivity index (χ3v) is 3.73. The molecule has 0 spiro atoms. The molecule has 0 aliphatic heterocycles. The van der Waals surface area contributed by atoms with Gasteiger partial charge in [-0.3, -0.25) is 0 Å². The fraction of sp³-hybridized carbons (Fsp3) is 0.0714. The van der Waals surface area contributed by atoms with Crippen molar-refractivity contribution in [2.24, 2.45) is 7.05 Å². The molecule has 0 aliphatic rings. The molecule has 84 valence electrons. The topological polar surface area (TPSA) is 17.8 Å². The highest BCUT2D eigenvalue weighted by molar-refractivity contribution is 7.14. The Kier molecular flexibility index (Phi) is 2.53. The van der Waals surface area contributed by atoms with Crippen LogP contribution in [0.2, 0.25) is 0 Å². The van der Waals surface area contributed by atoms with Crippen LogP contribution in [0, 0.1) is 0 Å². The average Bonchev–Trinajstić information content (AvgIpc) is 2.98. The lowest BCUT2D eigenvalue weighted by Gasteiger charge is -2.04. The Labute approximate surface area is 104 Å². The van der Waals surface area contributed by atoms with E-state index in [9.17, 15) is 0 Å². The van der Waals surface area contributed by atoms with Crippen molar-refractivity contribution < 1.29 is 0 Å². The van der Waals surface area contributed by atoms with Crippen molar-refractivity contribution in [2.45, 2.75) is 0 Å². The first-order valence-corrected chi connectivity index (χ1v) is 6.35. The lowest BCUT2D eigenvalue weighted by Crippen LogP contribution is -1.90. The highest BCUT2D eigenvalue weighted by Crippen LogP contribution is 2.35. The maximum atomic E-state index is 4.41. The molecular weight excluding hydrogens is 228 g/mol. The van der Waals surface area contributed by atoms with Gasteiger partial charge in [-0.15, -0.1) is 11.3 Å². The summed E-state index contributed by atoms with van der Waals surface area (Å²) >= 11 is 1.76. The number of hydrogen-bond donors (Lipinski definition) is 0. The maximum Gasteiger partial charge on any atom is 0.141 e. The molecule has 1 aromatic carbocycles. The smallest absolute Gasteiger partial charge is 0.141 e. The van der Waals surface area contributed by atoms with Gasteiger partial charge in [0.25, 0.3) is 0 Å². The second kappa shape index (κ2) is 4.18. The maximum absolute atomic E-state index is 4.41. The molecule has 0 aliphatic carbocycles. The Morgan fingerprint density at radius 1 is 1.12 bits per heavy atom. The summed E-state index contributed by atoms with van der Waals surface area (Å²) in [6.07, 6.45) is 3.81. The number of aryl methyl sites for hydroxylation is 1. The molecule has 0 saturated carbocycles. The molecule has 0 radical (unpaired) electrons. The largest absolute Gasteiger partial charge is 0.334 e. The van der Waals surface area contributed by atoms with E-state index in [1.165, 1.54) is 16.0 Å².